The molecule has 0 aliphatic heterocycles. The second kappa shape index (κ2) is 5.73. The van der Waals surface area contributed by atoms with Crippen molar-refractivity contribution in [2.24, 2.45) is 5.92 Å². The van der Waals surface area contributed by atoms with Crippen LogP contribution in [0.1, 0.15) is 25.7 Å². The molecule has 21 heavy (non-hydrogen) atoms. The molecule has 8 heteroatoms. The molecule has 0 heterocycles. The first-order valence-corrected chi connectivity index (χ1v) is 6.36. The van der Waals surface area contributed by atoms with Crippen LogP contribution in [0.15, 0.2) is 6.07 Å². The van der Waals surface area contributed by atoms with Crippen molar-refractivity contribution in [3.8, 4) is 0 Å². The minimum Gasteiger partial charge on any atom is -0.377 e. The van der Waals surface area contributed by atoms with E-state index in [1.165, 1.54) is 0 Å². The number of halogens is 7. The van der Waals surface area contributed by atoms with Gasteiger partial charge in [0.1, 0.15) is 5.69 Å². The number of nitrogens with one attached hydrogen (secondary N) is 1. The van der Waals surface area contributed by atoms with Crippen LogP contribution in [0.5, 0.6) is 0 Å². The van der Waals surface area contributed by atoms with Gasteiger partial charge in [0.2, 0.25) is 0 Å². The number of hydrogen-bond donors (Lipinski definition) is 1. The normalized spacial score (nSPS) is 23.2. The number of alkyl halides is 3. The lowest BCUT2D eigenvalue weighted by Gasteiger charge is -2.31. The topological polar surface area (TPSA) is 12.0 Å². The molecule has 1 aromatic carbocycles. The van der Waals surface area contributed by atoms with Crippen LogP contribution in [0, 0.1) is 29.2 Å². The fourth-order valence-corrected chi connectivity index (χ4v) is 2.47. The van der Waals surface area contributed by atoms with Crippen LogP contribution in [0.25, 0.3) is 0 Å². The summed E-state index contributed by atoms with van der Waals surface area (Å²) in [5, 5.41) is 2.27. The molecule has 0 amide bonds. The number of hydrogen-bond acceptors (Lipinski definition) is 1. The summed E-state index contributed by atoms with van der Waals surface area (Å²) in [5.74, 6) is -7.71. The Labute approximate surface area is 116 Å². The van der Waals surface area contributed by atoms with E-state index in [1.807, 2.05) is 0 Å². The van der Waals surface area contributed by atoms with Crippen molar-refractivity contribution in [1.29, 1.82) is 0 Å². The molecule has 1 aromatic rings. The molecule has 1 aliphatic carbocycles. The van der Waals surface area contributed by atoms with Gasteiger partial charge in [0.05, 0.1) is 5.92 Å². The highest BCUT2D eigenvalue weighted by molar-refractivity contribution is 5.48. The molecule has 2 rings (SSSR count). The molecule has 1 N–H and O–H groups in total. The van der Waals surface area contributed by atoms with E-state index in [2.05, 4.69) is 5.32 Å². The summed E-state index contributed by atoms with van der Waals surface area (Å²) in [6.45, 7) is 0. The largest absolute Gasteiger partial charge is 0.391 e. The molecule has 0 saturated heterocycles. The summed E-state index contributed by atoms with van der Waals surface area (Å²) < 4.78 is 90.4. The van der Waals surface area contributed by atoms with Crippen molar-refractivity contribution in [2.45, 2.75) is 37.9 Å². The zero-order valence-corrected chi connectivity index (χ0v) is 10.7. The summed E-state index contributed by atoms with van der Waals surface area (Å²) in [7, 11) is 0. The van der Waals surface area contributed by atoms with Crippen molar-refractivity contribution in [2.75, 3.05) is 5.32 Å². The van der Waals surface area contributed by atoms with E-state index in [1.54, 1.807) is 0 Å². The van der Waals surface area contributed by atoms with E-state index in [-0.39, 0.29) is 31.7 Å². The second-order valence-corrected chi connectivity index (χ2v) is 5.08. The van der Waals surface area contributed by atoms with Gasteiger partial charge >= 0.3 is 6.18 Å². The van der Waals surface area contributed by atoms with Crippen LogP contribution >= 0.6 is 0 Å². The van der Waals surface area contributed by atoms with Gasteiger partial charge in [-0.2, -0.15) is 13.2 Å². The number of benzene rings is 1. The summed E-state index contributed by atoms with van der Waals surface area (Å²) in [5.41, 5.74) is -0.969. The highest BCUT2D eigenvalue weighted by Gasteiger charge is 2.41. The van der Waals surface area contributed by atoms with E-state index in [4.69, 9.17) is 0 Å². The summed E-state index contributed by atoms with van der Waals surface area (Å²) in [4.78, 5) is 0. The minimum absolute atomic E-state index is 0.0151. The molecule has 0 radical (unpaired) electrons. The molecule has 0 unspecified atom stereocenters. The smallest absolute Gasteiger partial charge is 0.377 e. The molecule has 118 valence electrons. The molecular weight excluding hydrogens is 303 g/mol. The van der Waals surface area contributed by atoms with Gasteiger partial charge in [0, 0.05) is 12.1 Å². The van der Waals surface area contributed by atoms with Gasteiger partial charge in [0.15, 0.2) is 23.3 Å². The molecule has 0 spiro atoms. The third kappa shape index (κ3) is 3.41. The lowest BCUT2D eigenvalue weighted by Crippen LogP contribution is -2.33. The van der Waals surface area contributed by atoms with Gasteiger partial charge in [0.25, 0.3) is 0 Å². The first kappa shape index (κ1) is 15.9. The van der Waals surface area contributed by atoms with Crippen molar-refractivity contribution in [3.05, 3.63) is 29.3 Å². The predicted molar refractivity (Wildman–Crippen MR) is 61.7 cm³/mol. The quantitative estimate of drug-likeness (QED) is 0.612. The minimum atomic E-state index is -4.30. The Balaban J connectivity index is 2.08. The maximum absolute atomic E-state index is 13.4. The number of anilines is 1. The zero-order chi connectivity index (χ0) is 15.8. The first-order chi connectivity index (χ1) is 9.70. The fraction of sp³-hybridized carbons (Fsp3) is 0.538. The van der Waals surface area contributed by atoms with Gasteiger partial charge in [-0.3, -0.25) is 0 Å². The van der Waals surface area contributed by atoms with E-state index in [9.17, 15) is 30.7 Å². The third-order valence-corrected chi connectivity index (χ3v) is 3.65. The third-order valence-electron chi connectivity index (χ3n) is 3.65. The molecule has 0 bridgehead atoms. The van der Waals surface area contributed by atoms with Crippen LogP contribution < -0.4 is 5.32 Å². The van der Waals surface area contributed by atoms with E-state index >= 15 is 0 Å². The Morgan fingerprint density at radius 1 is 0.857 bits per heavy atom. The molecule has 1 fully saturated rings. The van der Waals surface area contributed by atoms with Crippen molar-refractivity contribution >= 4 is 5.69 Å². The number of rotatable bonds is 2. The fourth-order valence-electron chi connectivity index (χ4n) is 2.47. The Bertz CT molecular complexity index is 492. The zero-order valence-electron chi connectivity index (χ0n) is 10.7. The molecule has 1 aliphatic rings. The molecule has 1 nitrogen and oxygen atoms in total. The monoisotopic (exact) mass is 315 g/mol. The Kier molecular flexibility index (Phi) is 4.34. The van der Waals surface area contributed by atoms with E-state index in [0.29, 0.717) is 0 Å². The van der Waals surface area contributed by atoms with Crippen LogP contribution in [-0.4, -0.2) is 12.2 Å². The van der Waals surface area contributed by atoms with E-state index < -0.39 is 47.1 Å². The van der Waals surface area contributed by atoms with Gasteiger partial charge in [-0.1, -0.05) is 0 Å². The van der Waals surface area contributed by atoms with Crippen LogP contribution in [0.2, 0.25) is 0 Å². The SMILES string of the molecule is Fc1cc(F)c(F)c(NC2CCC(C(F)(F)F)CC2)c1F. The van der Waals surface area contributed by atoms with Crippen LogP contribution in [0.4, 0.5) is 36.4 Å². The van der Waals surface area contributed by atoms with Gasteiger partial charge in [-0.05, 0) is 25.7 Å². The highest BCUT2D eigenvalue weighted by Crippen LogP contribution is 2.38. The summed E-state index contributed by atoms with van der Waals surface area (Å²) in [6, 6.07) is -0.579. The highest BCUT2D eigenvalue weighted by atomic mass is 19.4. The van der Waals surface area contributed by atoms with Crippen molar-refractivity contribution < 1.29 is 30.7 Å². The molecule has 1 saturated carbocycles. The van der Waals surface area contributed by atoms with Crippen molar-refractivity contribution in [3.63, 3.8) is 0 Å². The maximum Gasteiger partial charge on any atom is 0.391 e. The lowest BCUT2D eigenvalue weighted by atomic mass is 9.85. The van der Waals surface area contributed by atoms with Crippen LogP contribution in [0.3, 0.4) is 0 Å². The maximum atomic E-state index is 13.4. The molecule has 0 aromatic heterocycles. The summed E-state index contributed by atoms with van der Waals surface area (Å²) in [6.07, 6.45) is -4.65. The first-order valence-electron chi connectivity index (χ1n) is 6.36. The van der Waals surface area contributed by atoms with Crippen molar-refractivity contribution in [1.82, 2.24) is 0 Å². The van der Waals surface area contributed by atoms with Crippen LogP contribution in [-0.2, 0) is 0 Å². The Morgan fingerprint density at radius 3 is 1.76 bits per heavy atom. The predicted octanol–water partition coefficient (Wildman–Crippen LogP) is 4.78. The lowest BCUT2D eigenvalue weighted by molar-refractivity contribution is -0.182. The Morgan fingerprint density at radius 2 is 1.33 bits per heavy atom. The second-order valence-electron chi connectivity index (χ2n) is 5.08. The van der Waals surface area contributed by atoms with Gasteiger partial charge in [-0.15, -0.1) is 0 Å². The Hall–Kier alpha value is -1.47. The average molecular weight is 315 g/mol. The molecule has 0 atom stereocenters. The summed E-state index contributed by atoms with van der Waals surface area (Å²) >= 11 is 0. The standard InChI is InChI=1S/C13H12F7N/c14-8-5-9(15)11(17)12(10(8)16)21-7-3-1-6(2-4-7)13(18,19)20/h5-7,21H,1-4H2. The molecular formula is C13H12F7N. The van der Waals surface area contributed by atoms with Gasteiger partial charge < -0.3 is 5.32 Å². The average Bonchev–Trinajstić information content (AvgIpc) is 2.41. The van der Waals surface area contributed by atoms with Gasteiger partial charge in [-0.25, -0.2) is 17.6 Å². The van der Waals surface area contributed by atoms with E-state index in [0.717, 1.165) is 0 Å².